The van der Waals surface area contributed by atoms with Crippen LogP contribution in [0.5, 0.6) is 0 Å². The highest BCUT2D eigenvalue weighted by Crippen LogP contribution is 2.33. The molecule has 0 aliphatic carbocycles. The molecule has 1 aromatic rings. The topological polar surface area (TPSA) is 73.2 Å². The van der Waals surface area contributed by atoms with Crippen molar-refractivity contribution in [2.24, 2.45) is 13.0 Å². The SMILES string of the molecule is C=CS(=O)(=O)NC[C@@H]1CCO[C@H]1c1ccnn1C. The predicted molar refractivity (Wildman–Crippen MR) is 67.1 cm³/mol. The summed E-state index contributed by atoms with van der Waals surface area (Å²) in [6.07, 6.45) is 2.43. The molecule has 0 saturated carbocycles. The molecule has 0 unspecified atom stereocenters. The Hall–Kier alpha value is -1.18. The third-order valence-electron chi connectivity index (χ3n) is 3.13. The minimum Gasteiger partial charge on any atom is -0.372 e. The molecule has 0 radical (unpaired) electrons. The van der Waals surface area contributed by atoms with E-state index in [4.69, 9.17) is 4.74 Å². The predicted octanol–water partition coefficient (Wildman–Crippen LogP) is 0.561. The van der Waals surface area contributed by atoms with Crippen molar-refractivity contribution < 1.29 is 13.2 Å². The molecule has 1 aliphatic heterocycles. The molecule has 2 heterocycles. The maximum Gasteiger partial charge on any atom is 0.233 e. The number of aryl methyl sites for hydroxylation is 1. The smallest absolute Gasteiger partial charge is 0.233 e. The molecule has 2 rings (SSSR count). The van der Waals surface area contributed by atoms with Crippen LogP contribution >= 0.6 is 0 Å². The van der Waals surface area contributed by atoms with E-state index in [-0.39, 0.29) is 12.0 Å². The van der Waals surface area contributed by atoms with Gasteiger partial charge < -0.3 is 4.74 Å². The standard InChI is InChI=1S/C11H17N3O3S/c1-3-18(15,16)13-8-9-5-7-17-11(9)10-4-6-12-14(10)2/h3-4,6,9,11,13H,1,5,7-8H2,2H3/t9-,11+/m0/s1. The second-order valence-corrected chi connectivity index (χ2v) is 5.99. The first-order valence-electron chi connectivity index (χ1n) is 5.75. The van der Waals surface area contributed by atoms with E-state index in [1.165, 1.54) is 0 Å². The average molecular weight is 271 g/mol. The van der Waals surface area contributed by atoms with Gasteiger partial charge in [0.25, 0.3) is 0 Å². The summed E-state index contributed by atoms with van der Waals surface area (Å²) >= 11 is 0. The van der Waals surface area contributed by atoms with E-state index in [0.29, 0.717) is 13.2 Å². The van der Waals surface area contributed by atoms with Crippen molar-refractivity contribution in [2.75, 3.05) is 13.2 Å². The molecular weight excluding hydrogens is 254 g/mol. The third-order valence-corrected chi connectivity index (χ3v) is 4.14. The molecule has 1 aromatic heterocycles. The summed E-state index contributed by atoms with van der Waals surface area (Å²) in [4.78, 5) is 0. The van der Waals surface area contributed by atoms with Crippen LogP contribution in [0.1, 0.15) is 18.2 Å². The number of nitrogens with one attached hydrogen (secondary N) is 1. The van der Waals surface area contributed by atoms with Gasteiger partial charge in [0.2, 0.25) is 10.0 Å². The first-order chi connectivity index (χ1) is 8.53. The van der Waals surface area contributed by atoms with Crippen molar-refractivity contribution in [2.45, 2.75) is 12.5 Å². The lowest BCUT2D eigenvalue weighted by molar-refractivity contribution is 0.0850. The Balaban J connectivity index is 2.05. The minimum atomic E-state index is -3.37. The van der Waals surface area contributed by atoms with E-state index in [2.05, 4.69) is 16.4 Å². The average Bonchev–Trinajstić information content (AvgIpc) is 2.94. The molecule has 18 heavy (non-hydrogen) atoms. The van der Waals surface area contributed by atoms with E-state index in [1.54, 1.807) is 10.9 Å². The fourth-order valence-electron chi connectivity index (χ4n) is 2.12. The Morgan fingerprint density at radius 3 is 3.11 bits per heavy atom. The zero-order valence-electron chi connectivity index (χ0n) is 10.2. The molecule has 1 N–H and O–H groups in total. The van der Waals surface area contributed by atoms with Crippen molar-refractivity contribution in [1.82, 2.24) is 14.5 Å². The molecule has 1 aliphatic rings. The zero-order chi connectivity index (χ0) is 13.2. The molecule has 100 valence electrons. The molecule has 2 atom stereocenters. The lowest BCUT2D eigenvalue weighted by atomic mass is 9.99. The normalized spacial score (nSPS) is 24.3. The number of sulfonamides is 1. The largest absolute Gasteiger partial charge is 0.372 e. The fraction of sp³-hybridized carbons (Fsp3) is 0.545. The summed E-state index contributed by atoms with van der Waals surface area (Å²) in [5.74, 6) is 0.120. The van der Waals surface area contributed by atoms with Crippen LogP contribution in [-0.4, -0.2) is 31.3 Å². The fourth-order valence-corrected chi connectivity index (χ4v) is 2.68. The van der Waals surface area contributed by atoms with Gasteiger partial charge in [0.15, 0.2) is 0 Å². The van der Waals surface area contributed by atoms with Crippen LogP contribution in [0.3, 0.4) is 0 Å². The highest BCUT2D eigenvalue weighted by Gasteiger charge is 2.32. The summed E-state index contributed by atoms with van der Waals surface area (Å²) in [7, 11) is -1.52. The van der Waals surface area contributed by atoms with Gasteiger partial charge in [-0.05, 0) is 12.5 Å². The first-order valence-corrected chi connectivity index (χ1v) is 7.30. The molecular formula is C11H17N3O3S. The maximum atomic E-state index is 11.3. The zero-order valence-corrected chi connectivity index (χ0v) is 11.1. The monoisotopic (exact) mass is 271 g/mol. The Bertz CT molecular complexity index is 523. The van der Waals surface area contributed by atoms with Crippen molar-refractivity contribution >= 4 is 10.0 Å². The van der Waals surface area contributed by atoms with E-state index in [9.17, 15) is 8.42 Å². The Morgan fingerprint density at radius 1 is 1.72 bits per heavy atom. The molecule has 1 fully saturated rings. The summed E-state index contributed by atoms with van der Waals surface area (Å²) in [6.45, 7) is 4.25. The van der Waals surface area contributed by atoms with Crippen LogP contribution in [0.2, 0.25) is 0 Å². The van der Waals surface area contributed by atoms with Gasteiger partial charge in [-0.3, -0.25) is 4.68 Å². The summed E-state index contributed by atoms with van der Waals surface area (Å²) in [5, 5.41) is 5.02. The van der Waals surface area contributed by atoms with Gasteiger partial charge in [-0.1, -0.05) is 6.58 Å². The summed E-state index contributed by atoms with van der Waals surface area (Å²) in [6, 6.07) is 1.89. The Kier molecular flexibility index (Phi) is 3.84. The number of hydrogen-bond acceptors (Lipinski definition) is 4. The van der Waals surface area contributed by atoms with Gasteiger partial charge in [0, 0.05) is 37.7 Å². The second-order valence-electron chi connectivity index (χ2n) is 4.28. The summed E-state index contributed by atoms with van der Waals surface area (Å²) in [5.41, 5.74) is 0.968. The van der Waals surface area contributed by atoms with Crippen molar-refractivity contribution in [3.8, 4) is 0 Å². The number of hydrogen-bond donors (Lipinski definition) is 1. The number of aromatic nitrogens is 2. The molecule has 0 spiro atoms. The van der Waals surface area contributed by atoms with Gasteiger partial charge in [0.05, 0.1) is 5.69 Å². The van der Waals surface area contributed by atoms with E-state index in [0.717, 1.165) is 17.5 Å². The van der Waals surface area contributed by atoms with Crippen molar-refractivity contribution in [1.29, 1.82) is 0 Å². The van der Waals surface area contributed by atoms with Crippen LogP contribution < -0.4 is 4.72 Å². The van der Waals surface area contributed by atoms with Crippen molar-refractivity contribution in [3.63, 3.8) is 0 Å². The second kappa shape index (κ2) is 5.21. The van der Waals surface area contributed by atoms with Crippen LogP contribution in [0.15, 0.2) is 24.3 Å². The van der Waals surface area contributed by atoms with E-state index < -0.39 is 10.0 Å². The highest BCUT2D eigenvalue weighted by atomic mass is 32.2. The Labute approximate surface area is 107 Å². The van der Waals surface area contributed by atoms with Gasteiger partial charge in [-0.15, -0.1) is 0 Å². The molecule has 7 heteroatoms. The van der Waals surface area contributed by atoms with Gasteiger partial charge in [-0.2, -0.15) is 5.10 Å². The third kappa shape index (κ3) is 2.80. The van der Waals surface area contributed by atoms with Crippen LogP contribution in [0.25, 0.3) is 0 Å². The van der Waals surface area contributed by atoms with Gasteiger partial charge in [0.1, 0.15) is 6.10 Å². The first kappa shape index (κ1) is 13.3. The van der Waals surface area contributed by atoms with Gasteiger partial charge >= 0.3 is 0 Å². The highest BCUT2D eigenvalue weighted by molar-refractivity contribution is 7.92. The minimum absolute atomic E-state index is 0.106. The van der Waals surface area contributed by atoms with Crippen LogP contribution in [-0.2, 0) is 21.8 Å². The molecule has 6 nitrogen and oxygen atoms in total. The van der Waals surface area contributed by atoms with E-state index in [1.807, 2.05) is 13.1 Å². The maximum absolute atomic E-state index is 11.3. The molecule has 1 saturated heterocycles. The van der Waals surface area contributed by atoms with Crippen molar-refractivity contribution in [3.05, 3.63) is 29.9 Å². The van der Waals surface area contributed by atoms with Crippen LogP contribution in [0, 0.1) is 5.92 Å². The lowest BCUT2D eigenvalue weighted by Crippen LogP contribution is -2.29. The number of ether oxygens (including phenoxy) is 1. The number of rotatable bonds is 5. The van der Waals surface area contributed by atoms with E-state index >= 15 is 0 Å². The Morgan fingerprint density at radius 2 is 2.50 bits per heavy atom. The quantitative estimate of drug-likeness (QED) is 0.849. The molecule has 0 aromatic carbocycles. The van der Waals surface area contributed by atoms with Gasteiger partial charge in [-0.25, -0.2) is 13.1 Å². The molecule has 0 amide bonds. The number of nitrogens with zero attached hydrogens (tertiary/aromatic N) is 2. The lowest BCUT2D eigenvalue weighted by Gasteiger charge is -2.18. The summed E-state index contributed by atoms with van der Waals surface area (Å²) < 4.78 is 32.6. The van der Waals surface area contributed by atoms with Crippen LogP contribution in [0.4, 0.5) is 0 Å². The molecule has 0 bridgehead atoms.